The number of nitrogens with one attached hydrogen (secondary N) is 1. The van der Waals surface area contributed by atoms with E-state index in [4.69, 9.17) is 0 Å². The summed E-state index contributed by atoms with van der Waals surface area (Å²) in [4.78, 5) is 0.0668. The van der Waals surface area contributed by atoms with Crippen LogP contribution in [0.2, 0.25) is 0 Å². The van der Waals surface area contributed by atoms with Gasteiger partial charge in [0.25, 0.3) is 10.0 Å². The number of aromatic hydroxyl groups is 1. The smallest absolute Gasteiger partial charge is 0.262 e. The Morgan fingerprint density at radius 2 is 1.43 bits per heavy atom. The number of aryl methyl sites for hydroxylation is 2. The maximum absolute atomic E-state index is 12.9. The first-order chi connectivity index (χ1) is 14.3. The van der Waals surface area contributed by atoms with Crippen LogP contribution in [0.15, 0.2) is 46.2 Å². The van der Waals surface area contributed by atoms with Gasteiger partial charge >= 0.3 is 0 Å². The predicted octanol–water partition coefficient (Wildman–Crippen LogP) is 3.25. The van der Waals surface area contributed by atoms with E-state index in [0.29, 0.717) is 13.1 Å². The molecule has 1 fully saturated rings. The van der Waals surface area contributed by atoms with Crippen molar-refractivity contribution >= 4 is 25.7 Å². The van der Waals surface area contributed by atoms with Crippen molar-refractivity contribution in [3.63, 3.8) is 0 Å². The second-order valence-corrected chi connectivity index (χ2v) is 11.5. The predicted molar refractivity (Wildman–Crippen MR) is 115 cm³/mol. The number of sulfonamides is 2. The van der Waals surface area contributed by atoms with Crippen LogP contribution < -0.4 is 4.72 Å². The lowest BCUT2D eigenvalue weighted by molar-refractivity contribution is 0.346. The average molecular weight is 451 g/mol. The SMILES string of the molecule is O=S(=O)(Nc1cc(S(=O)(=O)N2CCCCC2)ccc1O)c1ccc2c(c1)CCCC2. The summed E-state index contributed by atoms with van der Waals surface area (Å²) in [6, 6.07) is 8.76. The van der Waals surface area contributed by atoms with Gasteiger partial charge in [-0.1, -0.05) is 12.5 Å². The summed E-state index contributed by atoms with van der Waals surface area (Å²) in [5, 5.41) is 10.2. The molecule has 0 bridgehead atoms. The Balaban J connectivity index is 1.63. The Morgan fingerprint density at radius 3 is 2.17 bits per heavy atom. The van der Waals surface area contributed by atoms with Gasteiger partial charge in [-0.3, -0.25) is 4.72 Å². The van der Waals surface area contributed by atoms with E-state index in [1.54, 1.807) is 12.1 Å². The van der Waals surface area contributed by atoms with Crippen molar-refractivity contribution in [2.24, 2.45) is 0 Å². The standard InChI is InChI=1S/C21H26N2O5S2/c24-21-11-10-19(30(27,28)23-12-4-1-5-13-23)15-20(21)22-29(25,26)18-9-8-16-6-2-3-7-17(16)14-18/h8-11,14-15,22,24H,1-7,12-13H2. The van der Waals surface area contributed by atoms with Gasteiger partial charge < -0.3 is 5.11 Å². The van der Waals surface area contributed by atoms with Gasteiger partial charge in [-0.05, 0) is 80.0 Å². The fraction of sp³-hybridized carbons (Fsp3) is 0.429. The lowest BCUT2D eigenvalue weighted by Crippen LogP contribution is -2.35. The number of nitrogens with zero attached hydrogens (tertiary/aromatic N) is 1. The third-order valence-corrected chi connectivity index (χ3v) is 9.05. The minimum atomic E-state index is -3.97. The number of hydrogen-bond acceptors (Lipinski definition) is 5. The molecule has 1 saturated heterocycles. The minimum absolute atomic E-state index is 0.0367. The fourth-order valence-corrected chi connectivity index (χ4v) is 6.75. The lowest BCUT2D eigenvalue weighted by atomic mass is 9.92. The first-order valence-corrected chi connectivity index (χ1v) is 13.2. The van der Waals surface area contributed by atoms with Crippen LogP contribution in [0, 0.1) is 0 Å². The highest BCUT2D eigenvalue weighted by Crippen LogP contribution is 2.31. The first-order valence-electron chi connectivity index (χ1n) is 10.3. The van der Waals surface area contributed by atoms with Crippen molar-refractivity contribution in [1.82, 2.24) is 4.31 Å². The number of phenolic OH excluding ortho intramolecular Hbond substituents is 1. The number of phenols is 1. The molecule has 7 nitrogen and oxygen atoms in total. The van der Waals surface area contributed by atoms with Gasteiger partial charge in [0.2, 0.25) is 10.0 Å². The number of benzene rings is 2. The number of piperidine rings is 1. The van der Waals surface area contributed by atoms with E-state index in [1.807, 2.05) is 6.07 Å². The van der Waals surface area contributed by atoms with E-state index in [-0.39, 0.29) is 21.2 Å². The van der Waals surface area contributed by atoms with E-state index >= 15 is 0 Å². The van der Waals surface area contributed by atoms with Crippen molar-refractivity contribution in [2.45, 2.75) is 54.7 Å². The molecular weight excluding hydrogens is 424 g/mol. The van der Waals surface area contributed by atoms with Gasteiger partial charge in [-0.2, -0.15) is 4.31 Å². The topological polar surface area (TPSA) is 104 Å². The zero-order valence-electron chi connectivity index (χ0n) is 16.7. The molecular formula is C21H26N2O5S2. The van der Waals surface area contributed by atoms with Crippen molar-refractivity contribution in [3.8, 4) is 5.75 Å². The molecule has 2 N–H and O–H groups in total. The quantitative estimate of drug-likeness (QED) is 0.681. The molecule has 162 valence electrons. The first kappa shape index (κ1) is 21.1. The summed E-state index contributed by atoms with van der Waals surface area (Å²) in [5.41, 5.74) is 2.04. The summed E-state index contributed by atoms with van der Waals surface area (Å²) in [6.45, 7) is 0.888. The average Bonchev–Trinajstić information content (AvgIpc) is 2.75. The second-order valence-electron chi connectivity index (χ2n) is 7.89. The maximum atomic E-state index is 12.9. The molecule has 1 heterocycles. The van der Waals surface area contributed by atoms with Crippen LogP contribution in [-0.2, 0) is 32.9 Å². The molecule has 2 aliphatic rings. The van der Waals surface area contributed by atoms with E-state index in [1.165, 1.54) is 22.5 Å². The molecule has 0 amide bonds. The Kier molecular flexibility index (Phi) is 5.78. The molecule has 1 aliphatic carbocycles. The molecule has 30 heavy (non-hydrogen) atoms. The van der Waals surface area contributed by atoms with Crippen LogP contribution in [0.3, 0.4) is 0 Å². The summed E-state index contributed by atoms with van der Waals surface area (Å²) in [5.74, 6) is -0.325. The molecule has 0 atom stereocenters. The Hall–Kier alpha value is -2.10. The lowest BCUT2D eigenvalue weighted by Gasteiger charge is -2.26. The van der Waals surface area contributed by atoms with Gasteiger partial charge in [0.1, 0.15) is 5.75 Å². The number of rotatable bonds is 5. The molecule has 9 heteroatoms. The van der Waals surface area contributed by atoms with Crippen molar-refractivity contribution < 1.29 is 21.9 Å². The van der Waals surface area contributed by atoms with Crippen molar-refractivity contribution in [3.05, 3.63) is 47.5 Å². The normalized spacial score (nSPS) is 18.0. The van der Waals surface area contributed by atoms with E-state index in [9.17, 15) is 21.9 Å². The maximum Gasteiger partial charge on any atom is 0.262 e. The number of anilines is 1. The molecule has 0 unspecified atom stereocenters. The van der Waals surface area contributed by atoms with E-state index in [2.05, 4.69) is 4.72 Å². The van der Waals surface area contributed by atoms with Gasteiger partial charge in [0, 0.05) is 13.1 Å². The van der Waals surface area contributed by atoms with Crippen LogP contribution in [0.25, 0.3) is 0 Å². The summed E-state index contributed by atoms with van der Waals surface area (Å²) in [6.07, 6.45) is 6.51. The Bertz CT molecular complexity index is 1150. The third-order valence-electron chi connectivity index (χ3n) is 5.80. The summed E-state index contributed by atoms with van der Waals surface area (Å²) in [7, 11) is -7.72. The van der Waals surface area contributed by atoms with Crippen LogP contribution in [0.1, 0.15) is 43.2 Å². The molecule has 1 aliphatic heterocycles. The zero-order chi connectivity index (χ0) is 21.4. The molecule has 0 aromatic heterocycles. The number of hydrogen-bond donors (Lipinski definition) is 2. The van der Waals surface area contributed by atoms with Crippen LogP contribution in [0.4, 0.5) is 5.69 Å². The van der Waals surface area contributed by atoms with Crippen molar-refractivity contribution in [1.29, 1.82) is 0 Å². The van der Waals surface area contributed by atoms with Gasteiger partial charge in [-0.15, -0.1) is 0 Å². The van der Waals surface area contributed by atoms with Gasteiger partial charge in [0.05, 0.1) is 15.5 Å². The Labute approximate surface area is 177 Å². The van der Waals surface area contributed by atoms with Gasteiger partial charge in [-0.25, -0.2) is 16.8 Å². The molecule has 0 spiro atoms. The van der Waals surface area contributed by atoms with Crippen LogP contribution >= 0.6 is 0 Å². The van der Waals surface area contributed by atoms with Crippen LogP contribution in [-0.4, -0.2) is 39.3 Å². The summed E-state index contributed by atoms with van der Waals surface area (Å²) >= 11 is 0. The monoisotopic (exact) mass is 450 g/mol. The zero-order valence-corrected chi connectivity index (χ0v) is 18.3. The molecule has 4 rings (SSSR count). The summed E-state index contributed by atoms with van der Waals surface area (Å²) < 4.78 is 55.4. The molecule has 2 aromatic carbocycles. The third kappa shape index (κ3) is 4.19. The number of fused-ring (bicyclic) bond motifs is 1. The molecule has 0 radical (unpaired) electrons. The van der Waals surface area contributed by atoms with Crippen molar-refractivity contribution in [2.75, 3.05) is 17.8 Å². The van der Waals surface area contributed by atoms with E-state index in [0.717, 1.165) is 56.1 Å². The fourth-order valence-electron chi connectivity index (χ4n) is 4.09. The highest BCUT2D eigenvalue weighted by molar-refractivity contribution is 7.92. The Morgan fingerprint density at radius 1 is 0.767 bits per heavy atom. The minimum Gasteiger partial charge on any atom is -0.506 e. The second kappa shape index (κ2) is 8.20. The van der Waals surface area contributed by atoms with Gasteiger partial charge in [0.15, 0.2) is 0 Å². The highest BCUT2D eigenvalue weighted by Gasteiger charge is 2.27. The molecule has 2 aromatic rings. The highest BCUT2D eigenvalue weighted by atomic mass is 32.2. The largest absolute Gasteiger partial charge is 0.506 e. The van der Waals surface area contributed by atoms with Crippen LogP contribution in [0.5, 0.6) is 5.75 Å². The molecule has 0 saturated carbocycles. The van der Waals surface area contributed by atoms with E-state index < -0.39 is 20.0 Å².